The lowest BCUT2D eigenvalue weighted by molar-refractivity contribution is -0.146. The van der Waals surface area contributed by atoms with E-state index in [0.29, 0.717) is 24.5 Å². The van der Waals surface area contributed by atoms with E-state index >= 15 is 0 Å². The molecule has 0 bridgehead atoms. The maximum atomic E-state index is 11.0. The van der Waals surface area contributed by atoms with E-state index in [1.807, 2.05) is 0 Å². The van der Waals surface area contributed by atoms with Crippen LogP contribution in [0.15, 0.2) is 22.9 Å². The molecule has 0 amide bonds. The number of hydrogen-bond acceptors (Lipinski definition) is 2. The van der Waals surface area contributed by atoms with Gasteiger partial charge in [0.15, 0.2) is 0 Å². The molecule has 2 atom stereocenters. The van der Waals surface area contributed by atoms with E-state index in [4.69, 9.17) is 21.4 Å². The number of carboxylic acid groups (broad SMARTS) is 1. The molecule has 0 radical (unpaired) electrons. The molecule has 2 rings (SSSR count). The van der Waals surface area contributed by atoms with Gasteiger partial charge in [0, 0.05) is 11.0 Å². The molecule has 4 heteroatoms. The van der Waals surface area contributed by atoms with Gasteiger partial charge in [0.05, 0.1) is 12.5 Å². The fourth-order valence-electron chi connectivity index (χ4n) is 1.97. The first-order valence-electron chi connectivity index (χ1n) is 4.60. The second kappa shape index (κ2) is 3.65. The van der Waals surface area contributed by atoms with Crippen molar-refractivity contribution in [3.8, 4) is 0 Å². The lowest BCUT2D eigenvalue weighted by Gasteiger charge is -2.32. The van der Waals surface area contributed by atoms with Crippen LogP contribution in [0.4, 0.5) is 0 Å². The van der Waals surface area contributed by atoms with Crippen molar-refractivity contribution in [3.63, 3.8) is 0 Å². The number of fused-ring (bicyclic) bond motifs is 1. The van der Waals surface area contributed by atoms with Gasteiger partial charge in [0.1, 0.15) is 5.76 Å². The zero-order chi connectivity index (χ0) is 10.1. The Morgan fingerprint density at radius 1 is 1.57 bits per heavy atom. The molecule has 1 aliphatic carbocycles. The molecule has 0 spiro atoms. The average Bonchev–Trinajstić information content (AvgIpc) is 2.16. The summed E-state index contributed by atoms with van der Waals surface area (Å²) in [7, 11) is 0. The Balaban J connectivity index is 2.23. The summed E-state index contributed by atoms with van der Waals surface area (Å²) in [6.07, 6.45) is 4.72. The molecule has 3 nitrogen and oxygen atoms in total. The average molecular weight is 215 g/mol. The van der Waals surface area contributed by atoms with Crippen LogP contribution < -0.4 is 0 Å². The third-order valence-corrected chi connectivity index (χ3v) is 2.99. The quantitative estimate of drug-likeness (QED) is 0.728. The Hall–Kier alpha value is -0.960. The van der Waals surface area contributed by atoms with E-state index in [2.05, 4.69) is 0 Å². The fourth-order valence-corrected chi connectivity index (χ4v) is 2.20. The summed E-state index contributed by atoms with van der Waals surface area (Å²) in [6.45, 7) is 0.491. The highest BCUT2D eigenvalue weighted by atomic mass is 35.5. The van der Waals surface area contributed by atoms with Crippen molar-refractivity contribution >= 4 is 17.6 Å². The lowest BCUT2D eigenvalue weighted by Crippen LogP contribution is -2.32. The third kappa shape index (κ3) is 1.64. The molecule has 0 saturated carbocycles. The van der Waals surface area contributed by atoms with Gasteiger partial charge in [-0.15, -0.1) is 0 Å². The van der Waals surface area contributed by atoms with Crippen LogP contribution in [0.5, 0.6) is 0 Å². The molecule has 14 heavy (non-hydrogen) atoms. The SMILES string of the molecule is O=C(O)C1CCOC2=CC=C(Cl)CC21. The standard InChI is InChI=1S/C10H11ClO3/c11-6-1-2-9-8(5-6)7(10(12)13)3-4-14-9/h1-2,7-8H,3-5H2,(H,12,13). The summed E-state index contributed by atoms with van der Waals surface area (Å²) < 4.78 is 5.41. The van der Waals surface area contributed by atoms with Gasteiger partial charge in [-0.05, 0) is 25.0 Å². The van der Waals surface area contributed by atoms with Gasteiger partial charge in [-0.25, -0.2) is 0 Å². The Morgan fingerprint density at radius 3 is 3.07 bits per heavy atom. The van der Waals surface area contributed by atoms with E-state index in [9.17, 15) is 4.79 Å². The molecule has 2 aliphatic rings. The lowest BCUT2D eigenvalue weighted by atomic mass is 9.82. The molecule has 1 fully saturated rings. The summed E-state index contributed by atoms with van der Waals surface area (Å²) in [5.41, 5.74) is 0. The zero-order valence-electron chi connectivity index (χ0n) is 7.57. The summed E-state index contributed by atoms with van der Waals surface area (Å²) in [4.78, 5) is 11.0. The Morgan fingerprint density at radius 2 is 2.36 bits per heavy atom. The molecule has 1 heterocycles. The van der Waals surface area contributed by atoms with Crippen LogP contribution in [0.2, 0.25) is 0 Å². The van der Waals surface area contributed by atoms with E-state index < -0.39 is 5.97 Å². The van der Waals surface area contributed by atoms with E-state index in [0.717, 1.165) is 5.76 Å². The van der Waals surface area contributed by atoms with Gasteiger partial charge >= 0.3 is 5.97 Å². The number of allylic oxidation sites excluding steroid dienone is 4. The smallest absolute Gasteiger partial charge is 0.307 e. The van der Waals surface area contributed by atoms with Gasteiger partial charge in [-0.2, -0.15) is 0 Å². The maximum Gasteiger partial charge on any atom is 0.307 e. The van der Waals surface area contributed by atoms with Crippen LogP contribution in [0.3, 0.4) is 0 Å². The van der Waals surface area contributed by atoms with Crippen LogP contribution in [-0.4, -0.2) is 17.7 Å². The first kappa shape index (κ1) is 9.59. The van der Waals surface area contributed by atoms with Gasteiger partial charge in [0.25, 0.3) is 0 Å². The summed E-state index contributed by atoms with van der Waals surface area (Å²) in [5, 5.41) is 9.72. The topological polar surface area (TPSA) is 46.5 Å². The van der Waals surface area contributed by atoms with Crippen LogP contribution in [-0.2, 0) is 9.53 Å². The van der Waals surface area contributed by atoms with Crippen molar-refractivity contribution < 1.29 is 14.6 Å². The number of ether oxygens (including phenoxy) is 1. The molecule has 0 aromatic carbocycles. The van der Waals surface area contributed by atoms with E-state index in [1.54, 1.807) is 12.2 Å². The molecule has 0 aromatic rings. The van der Waals surface area contributed by atoms with Crippen LogP contribution >= 0.6 is 11.6 Å². The highest BCUT2D eigenvalue weighted by Gasteiger charge is 2.36. The van der Waals surface area contributed by atoms with E-state index in [-0.39, 0.29) is 11.8 Å². The normalized spacial score (nSPS) is 30.9. The number of hydrogen-bond donors (Lipinski definition) is 1. The largest absolute Gasteiger partial charge is 0.498 e. The number of aliphatic carboxylic acids is 1. The van der Waals surface area contributed by atoms with E-state index in [1.165, 1.54) is 0 Å². The Labute approximate surface area is 87.0 Å². The van der Waals surface area contributed by atoms with Crippen molar-refractivity contribution in [2.24, 2.45) is 11.8 Å². The summed E-state index contributed by atoms with van der Waals surface area (Å²) >= 11 is 5.87. The first-order valence-corrected chi connectivity index (χ1v) is 4.98. The van der Waals surface area contributed by atoms with Crippen molar-refractivity contribution in [2.75, 3.05) is 6.61 Å². The minimum atomic E-state index is -0.754. The fraction of sp³-hybridized carbons (Fsp3) is 0.500. The molecule has 1 saturated heterocycles. The van der Waals surface area contributed by atoms with Crippen molar-refractivity contribution in [1.82, 2.24) is 0 Å². The number of halogens is 1. The summed E-state index contributed by atoms with van der Waals surface area (Å²) in [5.74, 6) is -0.403. The number of carboxylic acids is 1. The highest BCUT2D eigenvalue weighted by molar-refractivity contribution is 6.29. The summed E-state index contributed by atoms with van der Waals surface area (Å²) in [6, 6.07) is 0. The predicted octanol–water partition coefficient (Wildman–Crippen LogP) is 2.13. The highest BCUT2D eigenvalue weighted by Crippen LogP contribution is 2.38. The van der Waals surface area contributed by atoms with Crippen LogP contribution in [0.1, 0.15) is 12.8 Å². The monoisotopic (exact) mass is 214 g/mol. The Bertz CT molecular complexity index is 319. The molecule has 1 aliphatic heterocycles. The minimum Gasteiger partial charge on any atom is -0.498 e. The first-order chi connectivity index (χ1) is 6.68. The maximum absolute atomic E-state index is 11.0. The molecule has 2 unspecified atom stereocenters. The molecular formula is C10H11ClO3. The van der Waals surface area contributed by atoms with Gasteiger partial charge < -0.3 is 9.84 Å². The zero-order valence-corrected chi connectivity index (χ0v) is 8.33. The minimum absolute atomic E-state index is 0.0706. The van der Waals surface area contributed by atoms with Gasteiger partial charge in [0.2, 0.25) is 0 Å². The molecule has 0 aromatic heterocycles. The Kier molecular flexibility index (Phi) is 2.50. The van der Waals surface area contributed by atoms with Gasteiger partial charge in [-0.1, -0.05) is 11.6 Å². The van der Waals surface area contributed by atoms with Crippen LogP contribution in [0, 0.1) is 11.8 Å². The number of rotatable bonds is 1. The second-order valence-electron chi connectivity index (χ2n) is 3.58. The van der Waals surface area contributed by atoms with Crippen LogP contribution in [0.25, 0.3) is 0 Å². The molecular weight excluding hydrogens is 204 g/mol. The van der Waals surface area contributed by atoms with Gasteiger partial charge in [-0.3, -0.25) is 4.79 Å². The van der Waals surface area contributed by atoms with Crippen molar-refractivity contribution in [2.45, 2.75) is 12.8 Å². The molecule has 1 N–H and O–H groups in total. The number of carbonyl (C=O) groups is 1. The predicted molar refractivity (Wildman–Crippen MR) is 51.8 cm³/mol. The second-order valence-corrected chi connectivity index (χ2v) is 4.06. The van der Waals surface area contributed by atoms with Crippen molar-refractivity contribution in [1.29, 1.82) is 0 Å². The van der Waals surface area contributed by atoms with Crippen molar-refractivity contribution in [3.05, 3.63) is 22.9 Å². The third-order valence-electron chi connectivity index (χ3n) is 2.71. The molecule has 76 valence electrons.